The van der Waals surface area contributed by atoms with E-state index in [1.165, 1.54) is 0 Å². The van der Waals surface area contributed by atoms with Gasteiger partial charge in [0, 0.05) is 18.7 Å². The third-order valence-electron chi connectivity index (χ3n) is 2.85. The van der Waals surface area contributed by atoms with E-state index in [-0.39, 0.29) is 12.5 Å². The number of rotatable bonds is 9. The van der Waals surface area contributed by atoms with Crippen LogP contribution < -0.4 is 15.4 Å². The highest BCUT2D eigenvalue weighted by atomic mass is 79.9. The van der Waals surface area contributed by atoms with E-state index >= 15 is 0 Å². The second kappa shape index (κ2) is 9.79. The highest BCUT2D eigenvalue weighted by Crippen LogP contribution is 2.29. The van der Waals surface area contributed by atoms with Crippen LogP contribution in [0.4, 0.5) is 0 Å². The number of hydrogen-bond acceptors (Lipinski definition) is 3. The fraction of sp³-hybridized carbons (Fsp3) is 0.562. The summed E-state index contributed by atoms with van der Waals surface area (Å²) in [4.78, 5) is 11.7. The predicted octanol–water partition coefficient (Wildman–Crippen LogP) is 3.10. The van der Waals surface area contributed by atoms with Crippen molar-refractivity contribution in [3.05, 3.63) is 28.2 Å². The van der Waals surface area contributed by atoms with Gasteiger partial charge >= 0.3 is 0 Å². The van der Waals surface area contributed by atoms with Crippen LogP contribution in [0.3, 0.4) is 0 Å². The molecule has 0 fully saturated rings. The van der Waals surface area contributed by atoms with E-state index in [2.05, 4.69) is 47.3 Å². The van der Waals surface area contributed by atoms with Crippen LogP contribution in [0.15, 0.2) is 22.7 Å². The monoisotopic (exact) mass is 356 g/mol. The number of halogens is 1. The Morgan fingerprint density at radius 1 is 1.38 bits per heavy atom. The van der Waals surface area contributed by atoms with Crippen molar-refractivity contribution in [3.63, 3.8) is 0 Å². The molecule has 0 radical (unpaired) electrons. The summed E-state index contributed by atoms with van der Waals surface area (Å²) < 4.78 is 6.56. The maximum absolute atomic E-state index is 11.7. The quantitative estimate of drug-likeness (QED) is 0.668. The fourth-order valence-corrected chi connectivity index (χ4v) is 2.28. The van der Waals surface area contributed by atoms with Crippen LogP contribution in [0.2, 0.25) is 0 Å². The lowest BCUT2D eigenvalue weighted by atomic mass is 10.2. The number of nitrogens with one attached hydrogen (secondary N) is 2. The Kier molecular flexibility index (Phi) is 8.38. The van der Waals surface area contributed by atoms with E-state index in [0.29, 0.717) is 12.5 Å². The summed E-state index contributed by atoms with van der Waals surface area (Å²) in [6.07, 6.45) is 1.09. The third kappa shape index (κ3) is 6.96. The predicted molar refractivity (Wildman–Crippen MR) is 89.5 cm³/mol. The number of carbonyl (C=O) groups is 1. The molecule has 0 bridgehead atoms. The van der Waals surface area contributed by atoms with Gasteiger partial charge in [0.15, 0.2) is 6.61 Å². The van der Waals surface area contributed by atoms with Crippen LogP contribution in [-0.4, -0.2) is 25.6 Å². The van der Waals surface area contributed by atoms with Crippen molar-refractivity contribution in [2.75, 3.05) is 19.7 Å². The Labute approximate surface area is 135 Å². The zero-order valence-electron chi connectivity index (χ0n) is 13.0. The molecule has 1 aromatic carbocycles. The van der Waals surface area contributed by atoms with E-state index in [1.54, 1.807) is 0 Å². The second-order valence-electron chi connectivity index (χ2n) is 5.39. The van der Waals surface area contributed by atoms with Gasteiger partial charge in [0.2, 0.25) is 0 Å². The lowest BCUT2D eigenvalue weighted by Gasteiger charge is -2.14. The molecule has 21 heavy (non-hydrogen) atoms. The average molecular weight is 357 g/mol. The molecule has 4 nitrogen and oxygen atoms in total. The highest BCUT2D eigenvalue weighted by molar-refractivity contribution is 9.10. The molecule has 0 aromatic heterocycles. The van der Waals surface area contributed by atoms with Crippen molar-refractivity contribution in [2.24, 2.45) is 5.92 Å². The lowest BCUT2D eigenvalue weighted by molar-refractivity contribution is -0.123. The van der Waals surface area contributed by atoms with Crippen LogP contribution in [0, 0.1) is 5.92 Å². The topological polar surface area (TPSA) is 50.4 Å². The smallest absolute Gasteiger partial charge is 0.257 e. The van der Waals surface area contributed by atoms with Gasteiger partial charge in [0.25, 0.3) is 5.91 Å². The summed E-state index contributed by atoms with van der Waals surface area (Å²) >= 11 is 3.48. The molecule has 0 saturated carbocycles. The van der Waals surface area contributed by atoms with E-state index in [1.807, 2.05) is 18.2 Å². The molecule has 0 aliphatic heterocycles. The van der Waals surface area contributed by atoms with Gasteiger partial charge in [-0.25, -0.2) is 0 Å². The van der Waals surface area contributed by atoms with E-state index in [9.17, 15) is 4.79 Å². The lowest BCUT2D eigenvalue weighted by Crippen LogP contribution is -2.32. The molecule has 0 atom stereocenters. The summed E-state index contributed by atoms with van der Waals surface area (Å²) in [5, 5.41) is 6.19. The Hall–Kier alpha value is -1.07. The number of para-hydroxylation sites is 1. The summed E-state index contributed by atoms with van der Waals surface area (Å²) in [5.41, 5.74) is 1.05. The van der Waals surface area contributed by atoms with E-state index in [4.69, 9.17) is 4.74 Å². The maximum atomic E-state index is 11.7. The number of ether oxygens (including phenoxy) is 1. The summed E-state index contributed by atoms with van der Waals surface area (Å²) in [6.45, 7) is 8.65. The minimum atomic E-state index is -0.0908. The average Bonchev–Trinajstić information content (AvgIpc) is 2.44. The first-order chi connectivity index (χ1) is 10.0. The Balaban J connectivity index is 2.58. The second-order valence-corrected chi connectivity index (χ2v) is 6.25. The summed E-state index contributed by atoms with van der Waals surface area (Å²) in [7, 11) is 0. The molecule has 0 aliphatic rings. The molecule has 1 aromatic rings. The zero-order valence-corrected chi connectivity index (χ0v) is 14.6. The van der Waals surface area contributed by atoms with Gasteiger partial charge in [-0.3, -0.25) is 4.79 Å². The van der Waals surface area contributed by atoms with Crippen molar-refractivity contribution in [1.82, 2.24) is 10.6 Å². The zero-order chi connectivity index (χ0) is 15.7. The van der Waals surface area contributed by atoms with Crippen molar-refractivity contribution >= 4 is 21.8 Å². The third-order valence-corrected chi connectivity index (χ3v) is 3.47. The van der Waals surface area contributed by atoms with Crippen LogP contribution in [0.1, 0.15) is 32.8 Å². The molecule has 1 amide bonds. The number of hydrogen-bond donors (Lipinski definition) is 2. The maximum Gasteiger partial charge on any atom is 0.257 e. The van der Waals surface area contributed by atoms with Crippen molar-refractivity contribution < 1.29 is 9.53 Å². The minimum absolute atomic E-state index is 0.0378. The van der Waals surface area contributed by atoms with Crippen LogP contribution in [0.5, 0.6) is 5.75 Å². The van der Waals surface area contributed by atoms with Gasteiger partial charge in [-0.1, -0.05) is 32.9 Å². The van der Waals surface area contributed by atoms with Crippen molar-refractivity contribution in [2.45, 2.75) is 33.7 Å². The first kappa shape index (κ1) is 18.0. The molecular weight excluding hydrogens is 332 g/mol. The molecular formula is C16H25BrN2O2. The molecule has 0 heterocycles. The van der Waals surface area contributed by atoms with Crippen molar-refractivity contribution in [3.8, 4) is 5.75 Å². The van der Waals surface area contributed by atoms with Crippen LogP contribution in [0.25, 0.3) is 0 Å². The summed E-state index contributed by atoms with van der Waals surface area (Å²) in [6, 6.07) is 5.90. The first-order valence-electron chi connectivity index (χ1n) is 7.42. The Bertz CT molecular complexity index is 450. The van der Waals surface area contributed by atoms with Crippen molar-refractivity contribution in [1.29, 1.82) is 0 Å². The Morgan fingerprint density at radius 2 is 2.14 bits per heavy atom. The molecule has 5 heteroatoms. The van der Waals surface area contributed by atoms with Crippen LogP contribution in [-0.2, 0) is 11.3 Å². The number of carbonyl (C=O) groups excluding carboxylic acids is 1. The highest BCUT2D eigenvalue weighted by Gasteiger charge is 2.10. The molecule has 0 unspecified atom stereocenters. The number of amides is 1. The Morgan fingerprint density at radius 3 is 2.81 bits per heavy atom. The van der Waals surface area contributed by atoms with Gasteiger partial charge in [-0.15, -0.1) is 0 Å². The molecule has 0 spiro atoms. The largest absolute Gasteiger partial charge is 0.482 e. The molecule has 118 valence electrons. The molecule has 0 aliphatic carbocycles. The fourth-order valence-electron chi connectivity index (χ4n) is 1.76. The minimum Gasteiger partial charge on any atom is -0.482 e. The van der Waals surface area contributed by atoms with Crippen LogP contribution >= 0.6 is 15.9 Å². The van der Waals surface area contributed by atoms with Gasteiger partial charge in [0.1, 0.15) is 5.75 Å². The van der Waals surface area contributed by atoms with Gasteiger partial charge in [-0.2, -0.15) is 0 Å². The number of benzene rings is 1. The van der Waals surface area contributed by atoms with Gasteiger partial charge < -0.3 is 15.4 Å². The first-order valence-corrected chi connectivity index (χ1v) is 8.21. The molecule has 0 saturated heterocycles. The van der Waals surface area contributed by atoms with Gasteiger partial charge in [-0.05, 0) is 40.9 Å². The summed E-state index contributed by atoms with van der Waals surface area (Å²) in [5.74, 6) is 1.08. The van der Waals surface area contributed by atoms with E-state index < -0.39 is 0 Å². The normalized spacial score (nSPS) is 10.7. The van der Waals surface area contributed by atoms with E-state index in [0.717, 1.165) is 35.3 Å². The SMILES string of the molecule is CCCNCc1cccc(Br)c1OCC(=O)NCC(C)C. The standard InChI is InChI=1S/C16H25BrN2O2/c1-4-8-18-10-13-6-5-7-14(17)16(13)21-11-15(20)19-9-12(2)3/h5-7,12,18H,4,8-11H2,1-3H3,(H,19,20). The van der Waals surface area contributed by atoms with Gasteiger partial charge in [0.05, 0.1) is 4.47 Å². The molecule has 2 N–H and O–H groups in total. The molecule has 1 rings (SSSR count).